The Morgan fingerprint density at radius 1 is 0.944 bits per heavy atom. The quantitative estimate of drug-likeness (QED) is 0.314. The number of anilines is 2. The summed E-state index contributed by atoms with van der Waals surface area (Å²) in [5, 5.41) is 6.04. The van der Waals surface area contributed by atoms with E-state index in [0.717, 1.165) is 57.2 Å². The van der Waals surface area contributed by atoms with E-state index in [9.17, 15) is 9.59 Å². The van der Waals surface area contributed by atoms with Gasteiger partial charge in [0, 0.05) is 40.8 Å². The van der Waals surface area contributed by atoms with Crippen molar-refractivity contribution < 1.29 is 9.59 Å². The van der Waals surface area contributed by atoms with Crippen LogP contribution in [0.1, 0.15) is 31.4 Å². The average molecular weight is 496 g/mol. The molecule has 1 aromatic heterocycles. The van der Waals surface area contributed by atoms with E-state index in [0.29, 0.717) is 6.54 Å². The Bertz CT molecular complexity index is 1360. The molecule has 0 saturated carbocycles. The van der Waals surface area contributed by atoms with Crippen molar-refractivity contribution in [1.82, 2.24) is 4.98 Å². The number of aromatic nitrogens is 1. The molecule has 0 spiro atoms. The SMILES string of the molecule is CCc1cccc(CC)c1N1CC(C(=O)Nc2ccc(-c3csc(-c4ccccc4)n3)cc2)CC1=O. The number of thiazole rings is 1. The molecule has 5 nitrogen and oxygen atoms in total. The predicted octanol–water partition coefficient (Wildman–Crippen LogP) is 6.59. The lowest BCUT2D eigenvalue weighted by Crippen LogP contribution is -2.29. The van der Waals surface area contributed by atoms with Gasteiger partial charge >= 0.3 is 0 Å². The maximum atomic E-state index is 13.1. The topological polar surface area (TPSA) is 62.3 Å². The number of carbonyl (C=O) groups is 2. The molecular formula is C30H29N3O2S. The van der Waals surface area contributed by atoms with Crippen LogP contribution in [0, 0.1) is 5.92 Å². The molecule has 1 N–H and O–H groups in total. The third-order valence-electron chi connectivity index (χ3n) is 6.70. The summed E-state index contributed by atoms with van der Waals surface area (Å²) in [7, 11) is 0. The largest absolute Gasteiger partial charge is 0.326 e. The molecule has 6 heteroatoms. The van der Waals surface area contributed by atoms with Gasteiger partial charge in [0.1, 0.15) is 5.01 Å². The van der Waals surface area contributed by atoms with E-state index in [1.165, 1.54) is 0 Å². The summed E-state index contributed by atoms with van der Waals surface area (Å²) >= 11 is 1.62. The lowest BCUT2D eigenvalue weighted by Gasteiger charge is -2.23. The Balaban J connectivity index is 1.26. The van der Waals surface area contributed by atoms with Crippen LogP contribution in [0.3, 0.4) is 0 Å². The van der Waals surface area contributed by atoms with Crippen molar-refractivity contribution >= 4 is 34.5 Å². The monoisotopic (exact) mass is 495 g/mol. The van der Waals surface area contributed by atoms with Gasteiger partial charge in [-0.25, -0.2) is 4.98 Å². The molecule has 0 radical (unpaired) electrons. The number of amides is 2. The van der Waals surface area contributed by atoms with Gasteiger partial charge in [-0.2, -0.15) is 0 Å². The van der Waals surface area contributed by atoms with Gasteiger partial charge in [-0.3, -0.25) is 9.59 Å². The first-order valence-corrected chi connectivity index (χ1v) is 13.3. The van der Waals surface area contributed by atoms with Gasteiger partial charge in [0.15, 0.2) is 0 Å². The fraction of sp³-hybridized carbons (Fsp3) is 0.233. The van der Waals surface area contributed by atoms with Crippen molar-refractivity contribution in [2.75, 3.05) is 16.8 Å². The third kappa shape index (κ3) is 4.82. The summed E-state index contributed by atoms with van der Waals surface area (Å²) in [6, 6.07) is 24.0. The molecule has 4 aromatic rings. The number of aryl methyl sites for hydroxylation is 2. The second kappa shape index (κ2) is 10.5. The Morgan fingerprint density at radius 2 is 1.64 bits per heavy atom. The van der Waals surface area contributed by atoms with Gasteiger partial charge in [-0.1, -0.05) is 74.5 Å². The normalized spacial score (nSPS) is 15.3. The summed E-state index contributed by atoms with van der Waals surface area (Å²) in [6.07, 6.45) is 1.93. The summed E-state index contributed by atoms with van der Waals surface area (Å²) in [6.45, 7) is 4.61. The van der Waals surface area contributed by atoms with Gasteiger partial charge in [0.05, 0.1) is 11.6 Å². The van der Waals surface area contributed by atoms with Gasteiger partial charge in [-0.05, 0) is 36.1 Å². The second-order valence-electron chi connectivity index (χ2n) is 9.01. The maximum absolute atomic E-state index is 13.1. The zero-order valence-corrected chi connectivity index (χ0v) is 21.3. The lowest BCUT2D eigenvalue weighted by atomic mass is 10.0. The Morgan fingerprint density at radius 3 is 2.31 bits per heavy atom. The highest BCUT2D eigenvalue weighted by atomic mass is 32.1. The molecule has 36 heavy (non-hydrogen) atoms. The van der Waals surface area contributed by atoms with Crippen molar-refractivity contribution in [1.29, 1.82) is 0 Å². The van der Waals surface area contributed by atoms with Crippen molar-refractivity contribution in [3.8, 4) is 21.8 Å². The molecule has 1 aliphatic rings. The number of carbonyl (C=O) groups excluding carboxylic acids is 2. The molecule has 1 atom stereocenters. The summed E-state index contributed by atoms with van der Waals surface area (Å²) in [5.74, 6) is -0.483. The standard InChI is InChI=1S/C30H29N3O2S/c1-3-20-11-8-12-21(4-2)28(20)33-18-24(17-27(33)34)29(35)31-25-15-13-22(14-16-25)26-19-36-30(32-26)23-9-6-5-7-10-23/h5-16,19,24H,3-4,17-18H2,1-2H3,(H,31,35). The molecule has 1 saturated heterocycles. The molecule has 182 valence electrons. The highest BCUT2D eigenvalue weighted by Crippen LogP contribution is 2.33. The predicted molar refractivity (Wildman–Crippen MR) is 147 cm³/mol. The molecular weight excluding hydrogens is 466 g/mol. The van der Waals surface area contributed by atoms with Crippen LogP contribution in [0.2, 0.25) is 0 Å². The van der Waals surface area contributed by atoms with Crippen LogP contribution in [0.4, 0.5) is 11.4 Å². The third-order valence-corrected chi connectivity index (χ3v) is 7.60. The number of nitrogens with one attached hydrogen (secondary N) is 1. The average Bonchev–Trinajstić information content (AvgIpc) is 3.56. The van der Waals surface area contributed by atoms with E-state index < -0.39 is 0 Å². The van der Waals surface area contributed by atoms with E-state index in [2.05, 4.69) is 43.4 Å². The van der Waals surface area contributed by atoms with E-state index >= 15 is 0 Å². The summed E-state index contributed by atoms with van der Waals surface area (Å²) in [5.41, 5.74) is 7.02. The molecule has 1 fully saturated rings. The number of hydrogen-bond donors (Lipinski definition) is 1. The minimum Gasteiger partial charge on any atom is -0.326 e. The Hall–Kier alpha value is -3.77. The first-order valence-electron chi connectivity index (χ1n) is 12.4. The fourth-order valence-corrected chi connectivity index (χ4v) is 5.58. The molecule has 0 aliphatic carbocycles. The summed E-state index contributed by atoms with van der Waals surface area (Å²) in [4.78, 5) is 32.6. The number of rotatable bonds is 7. The van der Waals surface area contributed by atoms with Crippen LogP contribution in [0.5, 0.6) is 0 Å². The number of benzene rings is 3. The lowest BCUT2D eigenvalue weighted by molar-refractivity contribution is -0.122. The van der Waals surface area contributed by atoms with Gasteiger partial charge in [0.2, 0.25) is 11.8 Å². The van der Waals surface area contributed by atoms with Gasteiger partial charge in [-0.15, -0.1) is 11.3 Å². The number of para-hydroxylation sites is 1. The van der Waals surface area contributed by atoms with Gasteiger partial charge < -0.3 is 10.2 Å². The zero-order chi connectivity index (χ0) is 25.1. The minimum absolute atomic E-state index is 0.0128. The number of hydrogen-bond acceptors (Lipinski definition) is 4. The zero-order valence-electron chi connectivity index (χ0n) is 20.5. The highest BCUT2D eigenvalue weighted by Gasteiger charge is 2.36. The van der Waals surface area contributed by atoms with E-state index in [1.807, 2.05) is 58.8 Å². The van der Waals surface area contributed by atoms with Crippen molar-refractivity contribution in [3.63, 3.8) is 0 Å². The molecule has 1 aliphatic heterocycles. The van der Waals surface area contributed by atoms with Crippen molar-refractivity contribution in [2.45, 2.75) is 33.1 Å². The van der Waals surface area contributed by atoms with Gasteiger partial charge in [0.25, 0.3) is 0 Å². The van der Waals surface area contributed by atoms with E-state index in [1.54, 1.807) is 11.3 Å². The minimum atomic E-state index is -0.376. The molecule has 5 rings (SSSR count). The first-order chi connectivity index (χ1) is 17.6. The molecule has 2 heterocycles. The highest BCUT2D eigenvalue weighted by molar-refractivity contribution is 7.13. The fourth-order valence-electron chi connectivity index (χ4n) is 4.75. The van der Waals surface area contributed by atoms with E-state index in [-0.39, 0.29) is 24.2 Å². The van der Waals surface area contributed by atoms with Crippen LogP contribution < -0.4 is 10.2 Å². The van der Waals surface area contributed by atoms with Crippen molar-refractivity contribution in [2.24, 2.45) is 5.92 Å². The Labute approximate surface area is 215 Å². The van der Waals surface area contributed by atoms with Crippen LogP contribution >= 0.6 is 11.3 Å². The molecule has 1 unspecified atom stereocenters. The van der Waals surface area contributed by atoms with Crippen LogP contribution in [-0.2, 0) is 22.4 Å². The number of nitrogens with zero attached hydrogens (tertiary/aromatic N) is 2. The van der Waals surface area contributed by atoms with Crippen molar-refractivity contribution in [3.05, 3.63) is 89.3 Å². The Kier molecular flexibility index (Phi) is 6.96. The molecule has 2 amide bonds. The van der Waals surface area contributed by atoms with Crippen LogP contribution in [-0.4, -0.2) is 23.3 Å². The molecule has 3 aromatic carbocycles. The smallest absolute Gasteiger partial charge is 0.229 e. The summed E-state index contributed by atoms with van der Waals surface area (Å²) < 4.78 is 0. The van der Waals surface area contributed by atoms with Crippen LogP contribution in [0.15, 0.2) is 78.2 Å². The van der Waals surface area contributed by atoms with E-state index in [4.69, 9.17) is 4.98 Å². The van der Waals surface area contributed by atoms with Crippen LogP contribution in [0.25, 0.3) is 21.8 Å². The molecule has 0 bridgehead atoms. The first kappa shape index (κ1) is 23.9. The second-order valence-corrected chi connectivity index (χ2v) is 9.87. The maximum Gasteiger partial charge on any atom is 0.229 e.